The Morgan fingerprint density at radius 2 is 0.600 bits per heavy atom. The van der Waals surface area contributed by atoms with E-state index in [1.165, 1.54) is 96.3 Å². The molecule has 0 heterocycles. The van der Waals surface area contributed by atoms with E-state index in [4.69, 9.17) is 14.2 Å². The molecule has 0 aliphatic rings. The number of hydrogen-bond acceptors (Lipinski definition) is 6. The molecule has 0 aromatic rings. The van der Waals surface area contributed by atoms with Crippen LogP contribution in [0.2, 0.25) is 0 Å². The molecule has 6 nitrogen and oxygen atoms in total. The minimum atomic E-state index is -0.803. The van der Waals surface area contributed by atoms with Gasteiger partial charge in [0.15, 0.2) is 6.10 Å². The van der Waals surface area contributed by atoms with Crippen molar-refractivity contribution in [2.45, 2.75) is 232 Å². The zero-order valence-electron chi connectivity index (χ0n) is 42.0. The molecule has 0 bridgehead atoms. The number of carbonyl (C=O) groups is 3. The number of ether oxygens (including phenoxy) is 3. The Morgan fingerprint density at radius 1 is 0.323 bits per heavy atom. The van der Waals surface area contributed by atoms with E-state index >= 15 is 0 Å². The van der Waals surface area contributed by atoms with Gasteiger partial charge >= 0.3 is 17.9 Å². The van der Waals surface area contributed by atoms with Crippen molar-refractivity contribution in [1.29, 1.82) is 0 Å². The third-order valence-electron chi connectivity index (χ3n) is 11.0. The van der Waals surface area contributed by atoms with Gasteiger partial charge in [-0.1, -0.05) is 259 Å². The normalized spacial score (nSPS) is 13.0. The molecule has 0 saturated carbocycles. The van der Waals surface area contributed by atoms with Crippen molar-refractivity contribution in [3.63, 3.8) is 0 Å². The van der Waals surface area contributed by atoms with Gasteiger partial charge in [0.05, 0.1) is 0 Å². The fourth-order valence-electron chi connectivity index (χ4n) is 7.06. The quantitative estimate of drug-likeness (QED) is 0.0262. The Bertz CT molecular complexity index is 1360. The monoisotopic (exact) mass is 901 g/mol. The molecule has 1 atom stereocenters. The van der Waals surface area contributed by atoms with Crippen LogP contribution in [0.25, 0.3) is 0 Å². The van der Waals surface area contributed by atoms with Gasteiger partial charge in [-0.2, -0.15) is 0 Å². The summed E-state index contributed by atoms with van der Waals surface area (Å²) in [5.74, 6) is -0.957. The number of esters is 3. The average Bonchev–Trinajstić information content (AvgIpc) is 3.30. The van der Waals surface area contributed by atoms with Crippen LogP contribution in [-0.2, 0) is 28.6 Å². The highest BCUT2D eigenvalue weighted by Crippen LogP contribution is 2.15. The van der Waals surface area contributed by atoms with Crippen molar-refractivity contribution in [3.05, 3.63) is 109 Å². The molecule has 0 aromatic carbocycles. The molecule has 0 saturated heterocycles. The van der Waals surface area contributed by atoms with Gasteiger partial charge in [-0.25, -0.2) is 0 Å². The van der Waals surface area contributed by atoms with E-state index in [1.807, 2.05) is 60.8 Å². The first kappa shape index (κ1) is 61.1. The van der Waals surface area contributed by atoms with Crippen LogP contribution in [0, 0.1) is 0 Å². The molecule has 0 aliphatic heterocycles. The summed E-state index contributed by atoms with van der Waals surface area (Å²) in [5, 5.41) is 0. The molecule has 368 valence electrons. The smallest absolute Gasteiger partial charge is 0.306 e. The fourth-order valence-corrected chi connectivity index (χ4v) is 7.06. The second-order valence-electron chi connectivity index (χ2n) is 17.2. The van der Waals surface area contributed by atoms with Crippen LogP contribution < -0.4 is 0 Å². The molecule has 0 amide bonds. The van der Waals surface area contributed by atoms with E-state index in [1.54, 1.807) is 0 Å². The summed E-state index contributed by atoms with van der Waals surface area (Å²) in [6, 6.07) is 0. The molecule has 0 fully saturated rings. The average molecular weight is 901 g/mol. The first-order valence-corrected chi connectivity index (χ1v) is 26.5. The topological polar surface area (TPSA) is 78.9 Å². The summed E-state index contributed by atoms with van der Waals surface area (Å²) < 4.78 is 16.8. The molecule has 0 N–H and O–H groups in total. The largest absolute Gasteiger partial charge is 0.462 e. The second kappa shape index (κ2) is 52.7. The zero-order chi connectivity index (χ0) is 47.2. The number of unbranched alkanes of at least 4 members (excludes halogenated alkanes) is 24. The SMILES string of the molecule is CC\C=C/C=C\C=C/C=C\C=C\C=C/CCCCCC(=O)OCC(COC(=O)CCCCCCCCCCCCCCCCC)OC(=O)CCCCCCCCC\C=C/C=C\C=C/CC. The summed E-state index contributed by atoms with van der Waals surface area (Å²) in [6.45, 7) is 6.31. The van der Waals surface area contributed by atoms with Crippen molar-refractivity contribution < 1.29 is 28.6 Å². The predicted molar refractivity (Wildman–Crippen MR) is 279 cm³/mol. The highest BCUT2D eigenvalue weighted by Gasteiger charge is 2.19. The summed E-state index contributed by atoms with van der Waals surface area (Å²) in [4.78, 5) is 38.0. The van der Waals surface area contributed by atoms with Crippen molar-refractivity contribution in [2.75, 3.05) is 13.2 Å². The van der Waals surface area contributed by atoms with Crippen LogP contribution in [0.3, 0.4) is 0 Å². The van der Waals surface area contributed by atoms with E-state index < -0.39 is 6.10 Å². The lowest BCUT2D eigenvalue weighted by atomic mass is 10.0. The first-order chi connectivity index (χ1) is 32.0. The maximum atomic E-state index is 12.8. The lowest BCUT2D eigenvalue weighted by molar-refractivity contribution is -0.167. The number of hydrogen-bond donors (Lipinski definition) is 0. The van der Waals surface area contributed by atoms with Gasteiger partial charge in [0.25, 0.3) is 0 Å². The maximum Gasteiger partial charge on any atom is 0.306 e. The van der Waals surface area contributed by atoms with Crippen LogP contribution in [0.5, 0.6) is 0 Å². The Hall–Kier alpha value is -3.93. The van der Waals surface area contributed by atoms with E-state index in [-0.39, 0.29) is 31.1 Å². The third-order valence-corrected chi connectivity index (χ3v) is 11.0. The number of rotatable bonds is 46. The first-order valence-electron chi connectivity index (χ1n) is 26.5. The lowest BCUT2D eigenvalue weighted by Gasteiger charge is -2.18. The predicted octanol–water partition coefficient (Wildman–Crippen LogP) is 17.5. The molecule has 65 heavy (non-hydrogen) atoms. The molecule has 0 aliphatic carbocycles. The highest BCUT2D eigenvalue weighted by molar-refractivity contribution is 5.71. The van der Waals surface area contributed by atoms with Gasteiger partial charge < -0.3 is 14.2 Å². The molecular weight excluding hydrogens is 805 g/mol. The second-order valence-corrected chi connectivity index (χ2v) is 17.2. The summed E-state index contributed by atoms with van der Waals surface area (Å²) >= 11 is 0. The minimum absolute atomic E-state index is 0.0977. The van der Waals surface area contributed by atoms with Gasteiger partial charge in [0.2, 0.25) is 0 Å². The van der Waals surface area contributed by atoms with E-state index in [2.05, 4.69) is 69.4 Å². The van der Waals surface area contributed by atoms with Gasteiger partial charge in [-0.05, 0) is 57.8 Å². The van der Waals surface area contributed by atoms with Crippen molar-refractivity contribution in [1.82, 2.24) is 0 Å². The van der Waals surface area contributed by atoms with Crippen molar-refractivity contribution >= 4 is 17.9 Å². The molecule has 0 radical (unpaired) electrons. The third kappa shape index (κ3) is 50.9. The number of carbonyl (C=O) groups excluding carboxylic acids is 3. The molecule has 6 heteroatoms. The minimum Gasteiger partial charge on any atom is -0.462 e. The van der Waals surface area contributed by atoms with Gasteiger partial charge in [-0.15, -0.1) is 0 Å². The Balaban J connectivity index is 4.50. The zero-order valence-corrected chi connectivity index (χ0v) is 42.0. The molecule has 0 aromatic heterocycles. The Morgan fingerprint density at radius 3 is 0.954 bits per heavy atom. The van der Waals surface area contributed by atoms with Gasteiger partial charge in [-0.3, -0.25) is 14.4 Å². The summed E-state index contributed by atoms with van der Waals surface area (Å²) in [6.07, 6.45) is 70.6. The van der Waals surface area contributed by atoms with E-state index in [0.29, 0.717) is 19.3 Å². The Kier molecular flexibility index (Phi) is 49.5. The van der Waals surface area contributed by atoms with Gasteiger partial charge in [0.1, 0.15) is 13.2 Å². The maximum absolute atomic E-state index is 12.8. The fraction of sp³-hybridized carbons (Fsp3) is 0.644. The molecule has 1 unspecified atom stereocenters. The van der Waals surface area contributed by atoms with Crippen LogP contribution in [-0.4, -0.2) is 37.2 Å². The van der Waals surface area contributed by atoms with E-state index in [9.17, 15) is 14.4 Å². The molecule has 0 rings (SSSR count). The van der Waals surface area contributed by atoms with E-state index in [0.717, 1.165) is 89.9 Å². The summed E-state index contributed by atoms with van der Waals surface area (Å²) in [5.41, 5.74) is 0. The summed E-state index contributed by atoms with van der Waals surface area (Å²) in [7, 11) is 0. The van der Waals surface area contributed by atoms with Gasteiger partial charge in [0, 0.05) is 19.3 Å². The molecule has 0 spiro atoms. The van der Waals surface area contributed by atoms with Crippen LogP contribution in [0.4, 0.5) is 0 Å². The standard InChI is InChI=1S/C59H96O6/c1-4-7-10-13-16-19-22-25-28-29-32-34-37-40-43-46-49-52-58(61)64-55-56(65-59(62)53-50-47-44-41-38-35-31-27-24-21-18-15-12-9-6-3)54-63-57(60)51-48-45-42-39-36-33-30-26-23-20-17-14-11-8-5-2/h7,9-10,12-13,15-16,18-19,21-22,24-25,28-29,32,34,37,56H,4-6,8,11,14,17,20,23,26-27,30-31,33,35-36,38-55H2,1-3H3/b10-7-,12-9-,16-13-,18-15-,22-19-,24-21-,28-25-,32-29+,37-34-. The van der Waals surface area contributed by atoms with Crippen LogP contribution >= 0.6 is 0 Å². The van der Waals surface area contributed by atoms with Crippen LogP contribution in [0.15, 0.2) is 109 Å². The number of allylic oxidation sites excluding steroid dienone is 18. The van der Waals surface area contributed by atoms with Crippen LogP contribution in [0.1, 0.15) is 226 Å². The lowest BCUT2D eigenvalue weighted by Crippen LogP contribution is -2.30. The molecular formula is C59H96O6. The van der Waals surface area contributed by atoms with Crippen molar-refractivity contribution in [2.24, 2.45) is 0 Å². The van der Waals surface area contributed by atoms with Crippen molar-refractivity contribution in [3.8, 4) is 0 Å². The highest BCUT2D eigenvalue weighted by atomic mass is 16.6. The Labute approximate surface area is 400 Å².